The Morgan fingerprint density at radius 1 is 1.00 bits per heavy atom. The predicted octanol–water partition coefficient (Wildman–Crippen LogP) is 2.48. The van der Waals surface area contributed by atoms with Crippen molar-refractivity contribution in [3.8, 4) is 0 Å². The van der Waals surface area contributed by atoms with Crippen LogP contribution >= 0.6 is 0 Å². The van der Waals surface area contributed by atoms with E-state index in [1.807, 2.05) is 13.8 Å². The highest BCUT2D eigenvalue weighted by atomic mass is 16.2. The zero-order valence-electron chi connectivity index (χ0n) is 14.5. The van der Waals surface area contributed by atoms with Gasteiger partial charge in [-0.3, -0.25) is 19.3 Å². The first-order valence-corrected chi connectivity index (χ1v) is 9.02. The van der Waals surface area contributed by atoms with Gasteiger partial charge in [-0.1, -0.05) is 12.2 Å². The standard InChI is InChI=1S/C20H22N2O3/c1-3-21(4-2)18(23)12-7-9-15(10-8-12)22-19(24)16-13-5-6-14(11-13)17(16)20(22)25/h5-10,13-14,16-17H,3-4,11H2,1-2H3/t13-,14-,16-,17-/m0/s1. The molecule has 0 unspecified atom stereocenters. The summed E-state index contributed by atoms with van der Waals surface area (Å²) in [6.45, 7) is 5.19. The summed E-state index contributed by atoms with van der Waals surface area (Å²) in [5, 5.41) is 0. The van der Waals surface area contributed by atoms with Crippen molar-refractivity contribution in [1.29, 1.82) is 0 Å². The number of amides is 3. The Hall–Kier alpha value is -2.43. The zero-order valence-corrected chi connectivity index (χ0v) is 14.5. The molecule has 0 N–H and O–H groups in total. The number of hydrogen-bond acceptors (Lipinski definition) is 3. The van der Waals surface area contributed by atoms with E-state index in [2.05, 4.69) is 12.2 Å². The molecule has 1 aromatic carbocycles. The minimum atomic E-state index is -0.195. The molecule has 5 heteroatoms. The molecule has 2 fully saturated rings. The number of anilines is 1. The fourth-order valence-electron chi connectivity index (χ4n) is 4.60. The minimum absolute atomic E-state index is 0.0326. The number of carbonyl (C=O) groups is 3. The highest BCUT2D eigenvalue weighted by Crippen LogP contribution is 2.53. The summed E-state index contributed by atoms with van der Waals surface area (Å²) < 4.78 is 0. The molecule has 1 saturated carbocycles. The number of carbonyl (C=O) groups excluding carboxylic acids is 3. The smallest absolute Gasteiger partial charge is 0.253 e. The molecular formula is C20H22N2O3. The van der Waals surface area contributed by atoms with Gasteiger partial charge < -0.3 is 4.90 Å². The first-order valence-electron chi connectivity index (χ1n) is 9.02. The van der Waals surface area contributed by atoms with E-state index in [1.165, 1.54) is 4.90 Å². The third-order valence-electron chi connectivity index (χ3n) is 5.89. The van der Waals surface area contributed by atoms with Crippen molar-refractivity contribution in [2.75, 3.05) is 18.0 Å². The molecule has 1 aromatic rings. The maximum absolute atomic E-state index is 12.8. The van der Waals surface area contributed by atoms with Crippen LogP contribution in [0.5, 0.6) is 0 Å². The molecule has 1 saturated heterocycles. The third kappa shape index (κ3) is 2.25. The lowest BCUT2D eigenvalue weighted by molar-refractivity contribution is -0.123. The second-order valence-corrected chi connectivity index (χ2v) is 7.04. The quantitative estimate of drug-likeness (QED) is 0.626. The monoisotopic (exact) mass is 338 g/mol. The highest BCUT2D eigenvalue weighted by molar-refractivity contribution is 6.22. The number of hydrogen-bond donors (Lipinski definition) is 0. The molecule has 0 radical (unpaired) electrons. The van der Waals surface area contributed by atoms with E-state index in [1.54, 1.807) is 29.2 Å². The van der Waals surface area contributed by atoms with Gasteiger partial charge in [0.05, 0.1) is 17.5 Å². The number of fused-ring (bicyclic) bond motifs is 5. The number of benzene rings is 1. The van der Waals surface area contributed by atoms with Crippen LogP contribution in [0.2, 0.25) is 0 Å². The number of nitrogens with zero attached hydrogens (tertiary/aromatic N) is 2. The van der Waals surface area contributed by atoms with Crippen molar-refractivity contribution in [3.63, 3.8) is 0 Å². The average Bonchev–Trinajstić information content (AvgIpc) is 3.30. The molecule has 0 spiro atoms. The predicted molar refractivity (Wildman–Crippen MR) is 93.9 cm³/mol. The maximum atomic E-state index is 12.8. The van der Waals surface area contributed by atoms with Gasteiger partial charge in [0.25, 0.3) is 5.91 Å². The zero-order chi connectivity index (χ0) is 17.7. The van der Waals surface area contributed by atoms with Crippen LogP contribution in [0.3, 0.4) is 0 Å². The first kappa shape index (κ1) is 16.1. The summed E-state index contributed by atoms with van der Waals surface area (Å²) in [7, 11) is 0. The van der Waals surface area contributed by atoms with Gasteiger partial charge in [-0.15, -0.1) is 0 Å². The summed E-state index contributed by atoms with van der Waals surface area (Å²) in [4.78, 5) is 41.1. The van der Waals surface area contributed by atoms with E-state index < -0.39 is 0 Å². The molecule has 4 rings (SSSR count). The molecule has 3 amide bonds. The van der Waals surface area contributed by atoms with E-state index >= 15 is 0 Å². The molecular weight excluding hydrogens is 316 g/mol. The maximum Gasteiger partial charge on any atom is 0.253 e. The summed E-state index contributed by atoms with van der Waals surface area (Å²) in [5.74, 6) is -0.182. The number of allylic oxidation sites excluding steroid dienone is 2. The van der Waals surface area contributed by atoms with Gasteiger partial charge in [0.2, 0.25) is 11.8 Å². The second-order valence-electron chi connectivity index (χ2n) is 7.04. The largest absolute Gasteiger partial charge is 0.339 e. The minimum Gasteiger partial charge on any atom is -0.339 e. The molecule has 2 bridgehead atoms. The Morgan fingerprint density at radius 3 is 2.00 bits per heavy atom. The normalized spacial score (nSPS) is 29.4. The van der Waals surface area contributed by atoms with Crippen LogP contribution in [0.1, 0.15) is 30.6 Å². The summed E-state index contributed by atoms with van der Waals surface area (Å²) in [5.41, 5.74) is 1.15. The Kier molecular flexibility index (Phi) is 3.74. The van der Waals surface area contributed by atoms with Gasteiger partial charge in [0.15, 0.2) is 0 Å². The van der Waals surface area contributed by atoms with Gasteiger partial charge in [0, 0.05) is 18.7 Å². The fourth-order valence-corrected chi connectivity index (χ4v) is 4.60. The molecule has 5 nitrogen and oxygen atoms in total. The van der Waals surface area contributed by atoms with Gasteiger partial charge in [0.1, 0.15) is 0 Å². The lowest BCUT2D eigenvalue weighted by atomic mass is 9.85. The molecule has 25 heavy (non-hydrogen) atoms. The van der Waals surface area contributed by atoms with Crippen molar-refractivity contribution in [2.45, 2.75) is 20.3 Å². The fraction of sp³-hybridized carbons (Fsp3) is 0.450. The second kappa shape index (κ2) is 5.83. The molecule has 0 aromatic heterocycles. The first-order chi connectivity index (χ1) is 12.1. The van der Waals surface area contributed by atoms with E-state index in [-0.39, 0.29) is 41.4 Å². The van der Waals surface area contributed by atoms with Crippen molar-refractivity contribution < 1.29 is 14.4 Å². The highest BCUT2D eigenvalue weighted by Gasteiger charge is 2.59. The molecule has 1 aliphatic heterocycles. The van der Waals surface area contributed by atoms with Crippen molar-refractivity contribution in [1.82, 2.24) is 4.90 Å². The average molecular weight is 338 g/mol. The lowest BCUT2D eigenvalue weighted by Gasteiger charge is -2.20. The van der Waals surface area contributed by atoms with Crippen molar-refractivity contribution in [2.24, 2.45) is 23.7 Å². The summed E-state index contributed by atoms with van der Waals surface area (Å²) in [6, 6.07) is 6.83. The molecule has 4 atom stereocenters. The van der Waals surface area contributed by atoms with Crippen molar-refractivity contribution in [3.05, 3.63) is 42.0 Å². The summed E-state index contributed by atoms with van der Waals surface area (Å²) >= 11 is 0. The van der Waals surface area contributed by atoms with E-state index in [0.717, 1.165) is 6.42 Å². The Bertz CT molecular complexity index is 734. The van der Waals surface area contributed by atoms with Crippen LogP contribution < -0.4 is 4.90 Å². The van der Waals surface area contributed by atoms with Gasteiger partial charge in [-0.05, 0) is 56.4 Å². The lowest BCUT2D eigenvalue weighted by Crippen LogP contribution is -2.33. The topological polar surface area (TPSA) is 57.7 Å². The van der Waals surface area contributed by atoms with Crippen LogP contribution in [0.15, 0.2) is 36.4 Å². The molecule has 130 valence electrons. The molecule has 2 aliphatic carbocycles. The Balaban J connectivity index is 1.58. The van der Waals surface area contributed by atoms with Crippen LogP contribution in [-0.2, 0) is 9.59 Å². The van der Waals surface area contributed by atoms with Gasteiger partial charge in [-0.2, -0.15) is 0 Å². The summed E-state index contributed by atoms with van der Waals surface area (Å²) in [6.07, 6.45) is 5.11. The number of rotatable bonds is 4. The number of imide groups is 1. The van der Waals surface area contributed by atoms with Crippen LogP contribution in [0.25, 0.3) is 0 Å². The van der Waals surface area contributed by atoms with Crippen LogP contribution in [0, 0.1) is 23.7 Å². The van der Waals surface area contributed by atoms with Gasteiger partial charge >= 0.3 is 0 Å². The SMILES string of the molecule is CCN(CC)C(=O)c1ccc(N2C(=O)[C@@H]3[C@@H](C2=O)[C@H]2C=C[C@H]3C2)cc1. The Morgan fingerprint density at radius 2 is 1.52 bits per heavy atom. The van der Waals surface area contributed by atoms with Crippen molar-refractivity contribution >= 4 is 23.4 Å². The third-order valence-corrected chi connectivity index (χ3v) is 5.89. The van der Waals surface area contributed by atoms with E-state index in [0.29, 0.717) is 24.3 Å². The molecule has 1 heterocycles. The van der Waals surface area contributed by atoms with E-state index in [9.17, 15) is 14.4 Å². The van der Waals surface area contributed by atoms with Crippen LogP contribution in [-0.4, -0.2) is 35.7 Å². The van der Waals surface area contributed by atoms with Gasteiger partial charge in [-0.25, -0.2) is 0 Å². The Labute approximate surface area is 147 Å². The van der Waals surface area contributed by atoms with E-state index in [4.69, 9.17) is 0 Å². The van der Waals surface area contributed by atoms with Crippen LogP contribution in [0.4, 0.5) is 5.69 Å². The molecule has 3 aliphatic rings.